The molecular weight excluding hydrogens is 392 g/mol. The van der Waals surface area contributed by atoms with Crippen LogP contribution in [0.5, 0.6) is 11.5 Å². The van der Waals surface area contributed by atoms with Crippen LogP contribution in [0.15, 0.2) is 30.6 Å². The van der Waals surface area contributed by atoms with E-state index in [0.29, 0.717) is 6.54 Å². The lowest BCUT2D eigenvalue weighted by Gasteiger charge is -2.15. The van der Waals surface area contributed by atoms with E-state index >= 15 is 0 Å². The maximum Gasteiger partial charge on any atom is 0.573 e. The minimum Gasteiger partial charge on any atom is -0.484 e. The maximum absolute atomic E-state index is 12.5. The average Bonchev–Trinajstić information content (AvgIpc) is 2.92. The Morgan fingerprint density at radius 3 is 2.38 bits per heavy atom. The minimum atomic E-state index is -4.96. The van der Waals surface area contributed by atoms with E-state index in [4.69, 9.17) is 5.73 Å². The van der Waals surface area contributed by atoms with Crippen LogP contribution in [0.25, 0.3) is 11.1 Å². The van der Waals surface area contributed by atoms with Crippen LogP contribution in [0.4, 0.5) is 26.3 Å². The highest BCUT2D eigenvalue weighted by Gasteiger charge is 2.33. The van der Waals surface area contributed by atoms with Crippen molar-refractivity contribution in [1.82, 2.24) is 9.78 Å². The molecule has 0 saturated carbocycles. The standard InChI is InChI=1S/C14H13F6N3O2.ClH/c15-13(16,17)8-24-10-1-2-12(25-14(18,19)20)11(5-10)9-6-22-23(7-9)4-3-21;/h1-2,5-7H,3-4,8,21H2;1H. The highest BCUT2D eigenvalue weighted by Crippen LogP contribution is 2.36. The second kappa shape index (κ2) is 8.49. The van der Waals surface area contributed by atoms with Gasteiger partial charge >= 0.3 is 12.5 Å². The number of alkyl halides is 6. The molecule has 2 aromatic rings. The predicted molar refractivity (Wildman–Crippen MR) is 82.2 cm³/mol. The summed E-state index contributed by atoms with van der Waals surface area (Å²) in [7, 11) is 0. The Bertz CT molecular complexity index is 717. The Balaban J connectivity index is 0.00000338. The van der Waals surface area contributed by atoms with Crippen LogP contribution >= 0.6 is 12.4 Å². The first-order valence-corrected chi connectivity index (χ1v) is 6.89. The normalized spacial score (nSPS) is 11.8. The molecule has 12 heteroatoms. The number of hydrogen-bond acceptors (Lipinski definition) is 4. The second-order valence-electron chi connectivity index (χ2n) is 4.89. The zero-order chi connectivity index (χ0) is 18.7. The molecule has 0 fully saturated rings. The SMILES string of the molecule is Cl.NCCn1cc(-c2cc(OCC(F)(F)F)ccc2OC(F)(F)F)cn1. The van der Waals surface area contributed by atoms with Gasteiger partial charge in [-0.25, -0.2) is 0 Å². The van der Waals surface area contributed by atoms with Crippen LogP contribution in [-0.2, 0) is 6.54 Å². The number of nitrogens with zero attached hydrogens (tertiary/aromatic N) is 2. The third-order valence-corrected chi connectivity index (χ3v) is 2.88. The van der Waals surface area contributed by atoms with Gasteiger partial charge < -0.3 is 15.2 Å². The Kier molecular flexibility index (Phi) is 7.16. The van der Waals surface area contributed by atoms with E-state index in [9.17, 15) is 26.3 Å². The predicted octanol–water partition coefficient (Wildman–Crippen LogP) is 3.77. The maximum atomic E-state index is 12.5. The third kappa shape index (κ3) is 6.64. The molecule has 0 aliphatic rings. The highest BCUT2D eigenvalue weighted by molar-refractivity contribution is 5.85. The van der Waals surface area contributed by atoms with Crippen molar-refractivity contribution >= 4 is 12.4 Å². The monoisotopic (exact) mass is 405 g/mol. The quantitative estimate of drug-likeness (QED) is 0.743. The first-order chi connectivity index (χ1) is 11.6. The van der Waals surface area contributed by atoms with Crippen molar-refractivity contribution in [1.29, 1.82) is 0 Å². The van der Waals surface area contributed by atoms with E-state index in [2.05, 4.69) is 14.6 Å². The van der Waals surface area contributed by atoms with Crippen molar-refractivity contribution in [3.05, 3.63) is 30.6 Å². The Morgan fingerprint density at radius 1 is 1.12 bits per heavy atom. The lowest BCUT2D eigenvalue weighted by atomic mass is 10.1. The Morgan fingerprint density at radius 2 is 1.81 bits per heavy atom. The summed E-state index contributed by atoms with van der Waals surface area (Å²) < 4.78 is 84.1. The number of benzene rings is 1. The van der Waals surface area contributed by atoms with Gasteiger partial charge in [0.25, 0.3) is 0 Å². The summed E-state index contributed by atoms with van der Waals surface area (Å²) in [5, 5.41) is 3.91. The van der Waals surface area contributed by atoms with Gasteiger partial charge in [0.2, 0.25) is 0 Å². The minimum absolute atomic E-state index is 0. The van der Waals surface area contributed by atoms with Crippen LogP contribution in [0.3, 0.4) is 0 Å². The fourth-order valence-electron chi connectivity index (χ4n) is 1.96. The Labute approximate surface area is 150 Å². The van der Waals surface area contributed by atoms with Crippen molar-refractivity contribution in [2.45, 2.75) is 19.1 Å². The Hall–Kier alpha value is -2.14. The number of hydrogen-bond donors (Lipinski definition) is 1. The molecule has 0 bridgehead atoms. The molecule has 0 spiro atoms. The first kappa shape index (κ1) is 21.9. The van der Waals surface area contributed by atoms with Crippen molar-refractivity contribution in [2.75, 3.05) is 13.2 Å². The molecule has 26 heavy (non-hydrogen) atoms. The van der Waals surface area contributed by atoms with Crippen LogP contribution < -0.4 is 15.2 Å². The zero-order valence-electron chi connectivity index (χ0n) is 13.0. The lowest BCUT2D eigenvalue weighted by Crippen LogP contribution is -2.19. The topological polar surface area (TPSA) is 62.3 Å². The molecule has 0 aliphatic heterocycles. The summed E-state index contributed by atoms with van der Waals surface area (Å²) in [6.45, 7) is -1.00. The van der Waals surface area contributed by atoms with E-state index in [0.717, 1.165) is 18.2 Å². The summed E-state index contributed by atoms with van der Waals surface area (Å²) in [6.07, 6.45) is -6.88. The van der Waals surface area contributed by atoms with Crippen LogP contribution in [0.2, 0.25) is 0 Å². The summed E-state index contributed by atoms with van der Waals surface area (Å²) in [5.74, 6) is -0.840. The molecular formula is C14H14ClF6N3O2. The number of ether oxygens (including phenoxy) is 2. The van der Waals surface area contributed by atoms with Crippen molar-refractivity contribution in [3.8, 4) is 22.6 Å². The van der Waals surface area contributed by atoms with Crippen LogP contribution in [0.1, 0.15) is 0 Å². The molecule has 146 valence electrons. The van der Waals surface area contributed by atoms with E-state index in [1.165, 1.54) is 17.1 Å². The van der Waals surface area contributed by atoms with Crippen LogP contribution in [0, 0.1) is 0 Å². The summed E-state index contributed by atoms with van der Waals surface area (Å²) in [4.78, 5) is 0. The average molecular weight is 406 g/mol. The fraction of sp³-hybridized carbons (Fsp3) is 0.357. The molecule has 1 heterocycles. The molecule has 0 radical (unpaired) electrons. The number of aromatic nitrogens is 2. The number of rotatable bonds is 6. The summed E-state index contributed by atoms with van der Waals surface area (Å²) >= 11 is 0. The van der Waals surface area contributed by atoms with Gasteiger partial charge in [-0.15, -0.1) is 25.6 Å². The molecule has 2 rings (SSSR count). The van der Waals surface area contributed by atoms with Gasteiger partial charge in [-0.05, 0) is 18.2 Å². The molecule has 5 nitrogen and oxygen atoms in total. The smallest absolute Gasteiger partial charge is 0.484 e. The molecule has 0 saturated heterocycles. The second-order valence-corrected chi connectivity index (χ2v) is 4.89. The van der Waals surface area contributed by atoms with Crippen molar-refractivity contribution < 1.29 is 35.8 Å². The van der Waals surface area contributed by atoms with Gasteiger partial charge in [0.1, 0.15) is 11.5 Å². The summed E-state index contributed by atoms with van der Waals surface area (Å²) in [5.41, 5.74) is 5.47. The van der Waals surface area contributed by atoms with Crippen molar-refractivity contribution in [2.24, 2.45) is 5.73 Å². The molecule has 1 aromatic carbocycles. The molecule has 0 aliphatic carbocycles. The largest absolute Gasteiger partial charge is 0.573 e. The van der Waals surface area contributed by atoms with Crippen LogP contribution in [-0.4, -0.2) is 35.5 Å². The lowest BCUT2D eigenvalue weighted by molar-refractivity contribution is -0.274. The van der Waals surface area contributed by atoms with Gasteiger partial charge in [0.15, 0.2) is 6.61 Å². The first-order valence-electron chi connectivity index (χ1n) is 6.89. The van der Waals surface area contributed by atoms with Gasteiger partial charge in [-0.2, -0.15) is 18.3 Å². The number of nitrogens with two attached hydrogens (primary N) is 1. The van der Waals surface area contributed by atoms with E-state index in [-0.39, 0.29) is 35.8 Å². The van der Waals surface area contributed by atoms with Gasteiger partial charge in [-0.1, -0.05) is 0 Å². The molecule has 1 aromatic heterocycles. The zero-order valence-corrected chi connectivity index (χ0v) is 13.8. The fourth-order valence-corrected chi connectivity index (χ4v) is 1.96. The molecule has 0 unspecified atom stereocenters. The van der Waals surface area contributed by atoms with Gasteiger partial charge in [0.05, 0.1) is 12.7 Å². The van der Waals surface area contributed by atoms with Gasteiger partial charge in [-0.3, -0.25) is 4.68 Å². The molecule has 0 atom stereocenters. The number of halogens is 7. The molecule has 2 N–H and O–H groups in total. The van der Waals surface area contributed by atoms with E-state index < -0.39 is 24.9 Å². The summed E-state index contributed by atoms with van der Waals surface area (Å²) in [6, 6.07) is 2.87. The van der Waals surface area contributed by atoms with E-state index in [1.807, 2.05) is 0 Å². The van der Waals surface area contributed by atoms with E-state index in [1.54, 1.807) is 0 Å². The highest BCUT2D eigenvalue weighted by atomic mass is 35.5. The van der Waals surface area contributed by atoms with Gasteiger partial charge in [0, 0.05) is 23.9 Å². The third-order valence-electron chi connectivity index (χ3n) is 2.88. The van der Waals surface area contributed by atoms with Crippen molar-refractivity contribution in [3.63, 3.8) is 0 Å². The molecule has 0 amide bonds.